The fraction of sp³-hybridized carbons (Fsp3) is 0.355. The summed E-state index contributed by atoms with van der Waals surface area (Å²) in [6.07, 6.45) is 1.04. The predicted octanol–water partition coefficient (Wildman–Crippen LogP) is 6.53. The van der Waals surface area contributed by atoms with Crippen molar-refractivity contribution >= 4 is 50.7 Å². The minimum atomic E-state index is -4.14. The van der Waals surface area contributed by atoms with Crippen LogP contribution < -0.4 is 9.62 Å². The van der Waals surface area contributed by atoms with Crippen molar-refractivity contribution in [1.29, 1.82) is 0 Å². The van der Waals surface area contributed by atoms with E-state index in [4.69, 9.17) is 23.2 Å². The number of nitrogens with zero attached hydrogens (tertiary/aromatic N) is 2. The van der Waals surface area contributed by atoms with Crippen molar-refractivity contribution in [1.82, 2.24) is 10.2 Å². The number of carbonyl (C=O) groups is 2. The van der Waals surface area contributed by atoms with Crippen LogP contribution in [0.4, 0.5) is 5.69 Å². The van der Waals surface area contributed by atoms with Crippen LogP contribution in [0, 0.1) is 13.8 Å². The lowest BCUT2D eigenvalue weighted by Crippen LogP contribution is -2.53. The molecule has 0 unspecified atom stereocenters. The highest BCUT2D eigenvalue weighted by atomic mass is 35.5. The van der Waals surface area contributed by atoms with Gasteiger partial charge in [0.25, 0.3) is 10.0 Å². The Kier molecular flexibility index (Phi) is 11.2. The number of hydrogen-bond donors (Lipinski definition) is 1. The van der Waals surface area contributed by atoms with Crippen molar-refractivity contribution < 1.29 is 18.0 Å². The van der Waals surface area contributed by atoms with Crippen LogP contribution in [0.2, 0.25) is 10.0 Å². The highest BCUT2D eigenvalue weighted by molar-refractivity contribution is 7.92. The third-order valence-corrected chi connectivity index (χ3v) is 9.69. The molecule has 10 heteroatoms. The molecule has 0 radical (unpaired) electrons. The van der Waals surface area contributed by atoms with E-state index in [1.807, 2.05) is 40.7 Å². The highest BCUT2D eigenvalue weighted by Crippen LogP contribution is 2.30. The van der Waals surface area contributed by atoms with Crippen molar-refractivity contribution in [3.05, 3.63) is 93.5 Å². The summed E-state index contributed by atoms with van der Waals surface area (Å²) in [4.78, 5) is 29.1. The molecule has 3 aromatic carbocycles. The SMILES string of the molecule is CC[C@@H](C)NC(=O)[C@@H](CC)N(Cc1ccc(Cl)c(Cl)c1)C(=O)CN(c1cccc(C)c1C)S(=O)(=O)c1ccccc1. The molecule has 0 bridgehead atoms. The summed E-state index contributed by atoms with van der Waals surface area (Å²) in [7, 11) is -4.14. The summed E-state index contributed by atoms with van der Waals surface area (Å²) in [5.41, 5.74) is 2.67. The average Bonchev–Trinajstić information content (AvgIpc) is 2.95. The van der Waals surface area contributed by atoms with E-state index in [9.17, 15) is 18.0 Å². The number of hydrogen-bond acceptors (Lipinski definition) is 4. The molecule has 3 aromatic rings. The standard InChI is InChI=1S/C31H37Cl2N3O4S/c1-6-22(4)34-31(38)28(7-2)35(19-24-16-17-26(32)27(33)18-24)30(37)20-36(29-15-11-12-21(3)23(29)5)41(39,40)25-13-9-8-10-14-25/h8-18,22,28H,6-7,19-20H2,1-5H3,(H,34,38)/t22-,28-/m1/s1. The normalized spacial score (nSPS) is 12.9. The molecule has 2 amide bonds. The van der Waals surface area contributed by atoms with Gasteiger partial charge in [-0.2, -0.15) is 0 Å². The van der Waals surface area contributed by atoms with Gasteiger partial charge < -0.3 is 10.2 Å². The largest absolute Gasteiger partial charge is 0.352 e. The first-order valence-electron chi connectivity index (χ1n) is 13.6. The van der Waals surface area contributed by atoms with Crippen molar-refractivity contribution in [2.75, 3.05) is 10.8 Å². The molecule has 0 aromatic heterocycles. The maximum atomic E-state index is 14.2. The third kappa shape index (κ3) is 7.82. The van der Waals surface area contributed by atoms with E-state index in [2.05, 4.69) is 5.32 Å². The molecule has 0 spiro atoms. The molecule has 41 heavy (non-hydrogen) atoms. The van der Waals surface area contributed by atoms with Gasteiger partial charge >= 0.3 is 0 Å². The molecular weight excluding hydrogens is 581 g/mol. The van der Waals surface area contributed by atoms with Gasteiger partial charge in [-0.3, -0.25) is 13.9 Å². The van der Waals surface area contributed by atoms with Gasteiger partial charge in [0.1, 0.15) is 12.6 Å². The molecule has 7 nitrogen and oxygen atoms in total. The molecule has 0 saturated carbocycles. The van der Waals surface area contributed by atoms with Crippen molar-refractivity contribution in [3.8, 4) is 0 Å². The van der Waals surface area contributed by atoms with Gasteiger partial charge in [0.05, 0.1) is 20.6 Å². The quantitative estimate of drug-likeness (QED) is 0.250. The number of anilines is 1. The molecule has 0 fully saturated rings. The van der Waals surface area contributed by atoms with Crippen LogP contribution in [0.1, 0.15) is 50.3 Å². The first kappa shape index (κ1) is 32.4. The second-order valence-electron chi connectivity index (χ2n) is 10.1. The van der Waals surface area contributed by atoms with E-state index in [0.717, 1.165) is 21.9 Å². The molecule has 3 rings (SSSR count). The van der Waals surface area contributed by atoms with Gasteiger partial charge in [0, 0.05) is 12.6 Å². The Balaban J connectivity index is 2.11. The lowest BCUT2D eigenvalue weighted by molar-refractivity contribution is -0.140. The first-order valence-corrected chi connectivity index (χ1v) is 15.8. The van der Waals surface area contributed by atoms with Crippen molar-refractivity contribution in [3.63, 3.8) is 0 Å². The third-order valence-electron chi connectivity index (χ3n) is 7.18. The molecule has 0 saturated heterocycles. The zero-order valence-electron chi connectivity index (χ0n) is 24.0. The molecular formula is C31H37Cl2N3O4S. The van der Waals surface area contributed by atoms with Gasteiger partial charge in [-0.15, -0.1) is 0 Å². The Hall–Kier alpha value is -3.07. The van der Waals surface area contributed by atoms with Crippen LogP contribution in [0.25, 0.3) is 0 Å². The van der Waals surface area contributed by atoms with Crippen molar-refractivity contribution in [2.24, 2.45) is 0 Å². The van der Waals surface area contributed by atoms with E-state index >= 15 is 0 Å². The fourth-order valence-electron chi connectivity index (χ4n) is 4.43. The minimum absolute atomic E-state index is 0.0359. The number of benzene rings is 3. The van der Waals surface area contributed by atoms with E-state index < -0.39 is 28.5 Å². The van der Waals surface area contributed by atoms with Gasteiger partial charge in [0.15, 0.2) is 0 Å². The number of carbonyl (C=O) groups excluding carboxylic acids is 2. The average molecular weight is 619 g/mol. The number of halogens is 2. The van der Waals surface area contributed by atoms with Gasteiger partial charge in [-0.25, -0.2) is 8.42 Å². The number of nitrogens with one attached hydrogen (secondary N) is 1. The second kappa shape index (κ2) is 14.2. The van der Waals surface area contributed by atoms with E-state index in [1.54, 1.807) is 48.5 Å². The zero-order valence-corrected chi connectivity index (χ0v) is 26.4. The molecule has 220 valence electrons. The topological polar surface area (TPSA) is 86.8 Å². The van der Waals surface area contributed by atoms with Gasteiger partial charge in [-0.05, 0) is 80.6 Å². The summed E-state index contributed by atoms with van der Waals surface area (Å²) in [6.45, 7) is 8.91. The summed E-state index contributed by atoms with van der Waals surface area (Å²) >= 11 is 12.4. The molecule has 0 aliphatic heterocycles. The lowest BCUT2D eigenvalue weighted by atomic mass is 10.1. The van der Waals surface area contributed by atoms with Gasteiger partial charge in [0.2, 0.25) is 11.8 Å². The van der Waals surface area contributed by atoms with Crippen LogP contribution in [-0.4, -0.2) is 43.8 Å². The highest BCUT2D eigenvalue weighted by Gasteiger charge is 2.34. The minimum Gasteiger partial charge on any atom is -0.352 e. The molecule has 0 heterocycles. The maximum Gasteiger partial charge on any atom is 0.264 e. The van der Waals surface area contributed by atoms with Crippen LogP contribution in [0.3, 0.4) is 0 Å². The first-order chi connectivity index (χ1) is 19.4. The molecule has 2 atom stereocenters. The predicted molar refractivity (Wildman–Crippen MR) is 166 cm³/mol. The summed E-state index contributed by atoms with van der Waals surface area (Å²) < 4.78 is 29.1. The number of rotatable bonds is 12. The van der Waals surface area contributed by atoms with Crippen LogP contribution in [0.15, 0.2) is 71.6 Å². The Morgan fingerprint density at radius 2 is 1.59 bits per heavy atom. The smallest absolute Gasteiger partial charge is 0.264 e. The molecule has 1 N–H and O–H groups in total. The second-order valence-corrected chi connectivity index (χ2v) is 12.7. The lowest BCUT2D eigenvalue weighted by Gasteiger charge is -2.34. The van der Waals surface area contributed by atoms with Crippen molar-refractivity contribution in [2.45, 2.75) is 71.0 Å². The maximum absolute atomic E-state index is 14.2. The zero-order chi connectivity index (χ0) is 30.3. The number of aryl methyl sites for hydroxylation is 1. The number of sulfonamides is 1. The summed E-state index contributed by atoms with van der Waals surface area (Å²) in [5.74, 6) is -0.831. The molecule has 0 aliphatic carbocycles. The Morgan fingerprint density at radius 3 is 2.20 bits per heavy atom. The van der Waals surface area contributed by atoms with Crippen LogP contribution in [0.5, 0.6) is 0 Å². The van der Waals surface area contributed by atoms with E-state index in [1.165, 1.54) is 17.0 Å². The summed E-state index contributed by atoms with van der Waals surface area (Å²) in [6, 6.07) is 17.4. The number of amides is 2. The Bertz CT molecular complexity index is 1480. The summed E-state index contributed by atoms with van der Waals surface area (Å²) in [5, 5.41) is 3.65. The monoisotopic (exact) mass is 617 g/mol. The fourth-order valence-corrected chi connectivity index (χ4v) is 6.25. The van der Waals surface area contributed by atoms with Crippen LogP contribution >= 0.6 is 23.2 Å². The Morgan fingerprint density at radius 1 is 0.902 bits per heavy atom. The van der Waals surface area contributed by atoms with E-state index in [-0.39, 0.29) is 23.4 Å². The molecule has 0 aliphatic rings. The van der Waals surface area contributed by atoms with Gasteiger partial charge in [-0.1, -0.05) is 73.4 Å². The van der Waals surface area contributed by atoms with E-state index in [0.29, 0.717) is 27.7 Å². The van der Waals surface area contributed by atoms with Crippen LogP contribution in [-0.2, 0) is 26.2 Å². The Labute approximate surface area is 253 Å².